The Kier molecular flexibility index (Phi) is 9.06. The predicted molar refractivity (Wildman–Crippen MR) is 102 cm³/mol. The molecule has 0 aromatic carbocycles. The van der Waals surface area contributed by atoms with E-state index in [-0.39, 0.29) is 48.2 Å². The monoisotopic (exact) mass is 381 g/mol. The number of rotatable bonds is 4. The second-order valence-electron chi connectivity index (χ2n) is 7.17. The van der Waals surface area contributed by atoms with E-state index in [0.717, 1.165) is 30.0 Å². The van der Waals surface area contributed by atoms with E-state index in [1.165, 1.54) is 0 Å². The van der Waals surface area contributed by atoms with Gasteiger partial charge in [-0.3, -0.25) is 4.79 Å². The smallest absolute Gasteiger partial charge is 0.220 e. The fourth-order valence-electron chi connectivity index (χ4n) is 2.75. The maximum atomic E-state index is 12.1. The minimum absolute atomic E-state index is 0. The van der Waals surface area contributed by atoms with E-state index >= 15 is 0 Å². The normalized spacial score (nSPS) is 22.0. The summed E-state index contributed by atoms with van der Waals surface area (Å²) in [6.07, 6.45) is 3.82. The first kappa shape index (κ1) is 22.6. The summed E-state index contributed by atoms with van der Waals surface area (Å²) in [7, 11) is 0. The Hall–Kier alpha value is -0.360. The van der Waals surface area contributed by atoms with E-state index in [1.807, 2.05) is 6.92 Å². The molecular formula is C16H29Cl2N3OS. The quantitative estimate of drug-likeness (QED) is 0.828. The Morgan fingerprint density at radius 3 is 2.57 bits per heavy atom. The number of nitrogens with zero attached hydrogens (tertiary/aromatic N) is 1. The molecule has 1 fully saturated rings. The molecule has 1 aliphatic rings. The van der Waals surface area contributed by atoms with E-state index < -0.39 is 0 Å². The summed E-state index contributed by atoms with van der Waals surface area (Å²) in [5, 5.41) is 6.13. The van der Waals surface area contributed by atoms with Gasteiger partial charge in [0.1, 0.15) is 5.01 Å². The van der Waals surface area contributed by atoms with Gasteiger partial charge in [-0.05, 0) is 25.7 Å². The Morgan fingerprint density at radius 2 is 2.09 bits per heavy atom. The van der Waals surface area contributed by atoms with Crippen LogP contribution in [-0.2, 0) is 10.2 Å². The third-order valence-electron chi connectivity index (χ3n) is 4.20. The van der Waals surface area contributed by atoms with Crippen LogP contribution in [-0.4, -0.2) is 16.9 Å². The van der Waals surface area contributed by atoms with Crippen LogP contribution in [0.25, 0.3) is 0 Å². The molecule has 1 saturated carbocycles. The van der Waals surface area contributed by atoms with Crippen molar-refractivity contribution in [2.45, 2.75) is 70.9 Å². The van der Waals surface area contributed by atoms with Crippen LogP contribution in [0.15, 0.2) is 5.38 Å². The van der Waals surface area contributed by atoms with Gasteiger partial charge in [0, 0.05) is 23.3 Å². The van der Waals surface area contributed by atoms with Crippen LogP contribution in [0, 0.1) is 5.92 Å². The highest BCUT2D eigenvalue weighted by atomic mass is 35.5. The van der Waals surface area contributed by atoms with Crippen molar-refractivity contribution in [3.8, 4) is 0 Å². The van der Waals surface area contributed by atoms with E-state index in [0.29, 0.717) is 12.3 Å². The molecule has 1 aromatic heterocycles. The number of aromatic nitrogens is 1. The fraction of sp³-hybridized carbons (Fsp3) is 0.750. The predicted octanol–water partition coefficient (Wildman–Crippen LogP) is 3.98. The first-order chi connectivity index (χ1) is 9.77. The maximum absolute atomic E-state index is 12.1. The van der Waals surface area contributed by atoms with Gasteiger partial charge >= 0.3 is 0 Å². The molecule has 1 unspecified atom stereocenters. The average Bonchev–Trinajstić information content (AvgIpc) is 2.98. The van der Waals surface area contributed by atoms with E-state index in [2.05, 4.69) is 36.5 Å². The molecule has 0 aliphatic heterocycles. The number of nitrogens with one attached hydrogen (secondary N) is 1. The molecule has 2 rings (SSSR count). The summed E-state index contributed by atoms with van der Waals surface area (Å²) >= 11 is 1.62. The second kappa shape index (κ2) is 9.21. The largest absolute Gasteiger partial charge is 0.347 e. The number of thiazole rings is 1. The van der Waals surface area contributed by atoms with Gasteiger partial charge in [0.25, 0.3) is 0 Å². The molecular weight excluding hydrogens is 353 g/mol. The lowest BCUT2D eigenvalue weighted by Gasteiger charge is -2.17. The van der Waals surface area contributed by atoms with Crippen LogP contribution in [0.4, 0.5) is 0 Å². The highest BCUT2D eigenvalue weighted by Gasteiger charge is 2.27. The molecule has 1 heterocycles. The summed E-state index contributed by atoms with van der Waals surface area (Å²) in [6.45, 7) is 8.45. The SMILES string of the molecule is CC(NC(=O)C[C@@H]1CCC[C@H]1N)c1nc(C(C)(C)C)cs1.Cl.Cl. The molecule has 7 heteroatoms. The number of hydrogen-bond donors (Lipinski definition) is 2. The van der Waals surface area contributed by atoms with Crippen LogP contribution in [0.5, 0.6) is 0 Å². The Morgan fingerprint density at radius 1 is 1.43 bits per heavy atom. The van der Waals surface area contributed by atoms with Crippen LogP contribution >= 0.6 is 36.2 Å². The molecule has 0 radical (unpaired) electrons. The van der Waals surface area contributed by atoms with Crippen LogP contribution in [0.3, 0.4) is 0 Å². The molecule has 0 spiro atoms. The average molecular weight is 382 g/mol. The van der Waals surface area contributed by atoms with Crippen molar-refractivity contribution >= 4 is 42.1 Å². The first-order valence-corrected chi connectivity index (χ1v) is 8.66. The molecule has 1 amide bonds. The van der Waals surface area contributed by atoms with Crippen LogP contribution in [0.1, 0.15) is 70.1 Å². The lowest BCUT2D eigenvalue weighted by molar-refractivity contribution is -0.122. The van der Waals surface area contributed by atoms with Crippen molar-refractivity contribution in [1.82, 2.24) is 10.3 Å². The van der Waals surface area contributed by atoms with Crippen molar-refractivity contribution in [2.24, 2.45) is 11.7 Å². The number of hydrogen-bond acceptors (Lipinski definition) is 4. The zero-order valence-electron chi connectivity index (χ0n) is 14.3. The van der Waals surface area contributed by atoms with Crippen molar-refractivity contribution in [3.63, 3.8) is 0 Å². The van der Waals surface area contributed by atoms with Crippen molar-refractivity contribution in [3.05, 3.63) is 16.1 Å². The van der Waals surface area contributed by atoms with Crippen molar-refractivity contribution in [1.29, 1.82) is 0 Å². The second-order valence-corrected chi connectivity index (χ2v) is 8.06. The van der Waals surface area contributed by atoms with E-state index in [1.54, 1.807) is 11.3 Å². The van der Waals surface area contributed by atoms with Gasteiger partial charge < -0.3 is 11.1 Å². The summed E-state index contributed by atoms with van der Waals surface area (Å²) in [4.78, 5) is 16.8. The summed E-state index contributed by atoms with van der Waals surface area (Å²) in [5.41, 5.74) is 7.17. The molecule has 4 nitrogen and oxygen atoms in total. The molecule has 3 N–H and O–H groups in total. The van der Waals surface area contributed by atoms with Crippen LogP contribution in [0.2, 0.25) is 0 Å². The summed E-state index contributed by atoms with van der Waals surface area (Å²) in [6, 6.07) is 0.162. The first-order valence-electron chi connectivity index (χ1n) is 7.78. The van der Waals surface area contributed by atoms with Gasteiger partial charge in [-0.25, -0.2) is 4.98 Å². The topological polar surface area (TPSA) is 68.0 Å². The Balaban J connectivity index is 0.00000242. The third-order valence-corrected chi connectivity index (χ3v) is 5.23. The number of carbonyl (C=O) groups excluding carboxylic acids is 1. The van der Waals surface area contributed by atoms with Gasteiger partial charge in [-0.15, -0.1) is 36.2 Å². The molecule has 1 aromatic rings. The molecule has 134 valence electrons. The number of amides is 1. The zero-order valence-corrected chi connectivity index (χ0v) is 16.7. The number of carbonyl (C=O) groups is 1. The minimum atomic E-state index is -0.0313. The lowest BCUT2D eigenvalue weighted by atomic mass is 9.93. The number of halogens is 2. The molecule has 0 saturated heterocycles. The summed E-state index contributed by atoms with van der Waals surface area (Å²) < 4.78 is 0. The van der Waals surface area contributed by atoms with Crippen molar-refractivity contribution in [2.75, 3.05) is 0 Å². The molecule has 3 atom stereocenters. The van der Waals surface area contributed by atoms with Gasteiger partial charge in [0.05, 0.1) is 11.7 Å². The van der Waals surface area contributed by atoms with Gasteiger partial charge in [0.15, 0.2) is 0 Å². The highest BCUT2D eigenvalue weighted by molar-refractivity contribution is 7.09. The minimum Gasteiger partial charge on any atom is -0.347 e. The van der Waals surface area contributed by atoms with Gasteiger partial charge in [-0.2, -0.15) is 0 Å². The van der Waals surface area contributed by atoms with Crippen LogP contribution < -0.4 is 11.1 Å². The fourth-order valence-corrected chi connectivity index (χ4v) is 3.80. The van der Waals surface area contributed by atoms with Gasteiger partial charge in [-0.1, -0.05) is 27.2 Å². The van der Waals surface area contributed by atoms with E-state index in [9.17, 15) is 4.79 Å². The highest BCUT2D eigenvalue weighted by Crippen LogP contribution is 2.28. The third kappa shape index (κ3) is 6.22. The Labute approximate surface area is 155 Å². The Bertz CT molecular complexity index is 502. The summed E-state index contributed by atoms with van der Waals surface area (Å²) in [5.74, 6) is 0.441. The molecule has 1 aliphatic carbocycles. The van der Waals surface area contributed by atoms with Gasteiger partial charge in [0.2, 0.25) is 5.91 Å². The standard InChI is InChI=1S/C16H27N3OS.2ClH/c1-10(15-19-13(9-21-15)16(2,3)4)18-14(20)8-11-6-5-7-12(11)17;;/h9-12H,5-8,17H2,1-4H3,(H,18,20);2*1H/t10?,11-,12+;;/m0../s1. The maximum Gasteiger partial charge on any atom is 0.220 e. The number of nitrogens with two attached hydrogens (primary N) is 1. The molecule has 23 heavy (non-hydrogen) atoms. The van der Waals surface area contributed by atoms with Crippen molar-refractivity contribution < 1.29 is 4.79 Å². The van der Waals surface area contributed by atoms with E-state index in [4.69, 9.17) is 5.73 Å². The molecule has 0 bridgehead atoms. The zero-order chi connectivity index (χ0) is 15.6. The lowest BCUT2D eigenvalue weighted by Crippen LogP contribution is -2.32.